The maximum atomic E-state index is 13.4. The van der Waals surface area contributed by atoms with E-state index in [9.17, 15) is 4.79 Å². The summed E-state index contributed by atoms with van der Waals surface area (Å²) in [4.78, 5) is 21.2. The first-order valence-corrected chi connectivity index (χ1v) is 11.9. The van der Waals surface area contributed by atoms with Gasteiger partial charge in [0.25, 0.3) is 5.56 Å². The number of rotatable bonds is 5. The molecule has 4 aromatic rings. The summed E-state index contributed by atoms with van der Waals surface area (Å²) in [5.41, 5.74) is 2.12. The topological polar surface area (TPSA) is 92.2 Å². The first kappa shape index (κ1) is 23.0. The average molecular weight is 474 g/mol. The number of benzene rings is 2. The van der Waals surface area contributed by atoms with Gasteiger partial charge in [0.15, 0.2) is 5.82 Å². The minimum atomic E-state index is -0.388. The molecule has 1 atom stereocenters. The van der Waals surface area contributed by atoms with Crippen molar-refractivity contribution in [3.63, 3.8) is 0 Å². The van der Waals surface area contributed by atoms with Crippen molar-refractivity contribution in [1.82, 2.24) is 30.1 Å². The molecule has 5 rings (SSSR count). The maximum absolute atomic E-state index is 13.4. The van der Waals surface area contributed by atoms with Gasteiger partial charge in [0, 0.05) is 48.3 Å². The number of aromatic amines is 1. The van der Waals surface area contributed by atoms with E-state index in [0.717, 1.165) is 42.8 Å². The first-order chi connectivity index (χ1) is 16.8. The number of methoxy groups -OCH3 is 1. The monoisotopic (exact) mass is 473 g/mol. The molecule has 0 saturated carbocycles. The van der Waals surface area contributed by atoms with Crippen LogP contribution in [0.15, 0.2) is 59.4 Å². The zero-order chi connectivity index (χ0) is 24.6. The van der Waals surface area contributed by atoms with Crippen LogP contribution in [0.1, 0.15) is 38.2 Å². The standard InChI is InChI=1S/C26H31N7O2/c1-26(2,3)33-24(28-29-30-33)23(32-14-12-31(13-15-32)19-8-6-5-7-9-19)21-17-18-16-20(35-4)10-11-22(18)27-25(21)34/h5-11,16-17,23H,12-15H2,1-4H3,(H,27,34). The first-order valence-electron chi connectivity index (χ1n) is 11.9. The Hall–Kier alpha value is -3.72. The molecule has 2 aromatic heterocycles. The molecule has 0 amide bonds. The van der Waals surface area contributed by atoms with Crippen LogP contribution >= 0.6 is 0 Å². The Morgan fingerprint density at radius 2 is 1.74 bits per heavy atom. The van der Waals surface area contributed by atoms with Crippen molar-refractivity contribution in [1.29, 1.82) is 0 Å². The Balaban J connectivity index is 1.57. The molecule has 182 valence electrons. The quantitative estimate of drug-likeness (QED) is 0.476. The Morgan fingerprint density at radius 3 is 2.43 bits per heavy atom. The van der Waals surface area contributed by atoms with Gasteiger partial charge in [-0.2, -0.15) is 0 Å². The number of hydrogen-bond acceptors (Lipinski definition) is 7. The van der Waals surface area contributed by atoms with Crippen LogP contribution in [0.2, 0.25) is 0 Å². The number of tetrazole rings is 1. The number of para-hydroxylation sites is 1. The van der Waals surface area contributed by atoms with E-state index < -0.39 is 0 Å². The van der Waals surface area contributed by atoms with Crippen LogP contribution in [0.3, 0.4) is 0 Å². The van der Waals surface area contributed by atoms with E-state index in [4.69, 9.17) is 4.74 Å². The summed E-state index contributed by atoms with van der Waals surface area (Å²) >= 11 is 0. The predicted molar refractivity (Wildman–Crippen MR) is 136 cm³/mol. The zero-order valence-corrected chi connectivity index (χ0v) is 20.6. The molecular formula is C26H31N7O2. The van der Waals surface area contributed by atoms with Gasteiger partial charge in [-0.25, -0.2) is 4.68 Å². The predicted octanol–water partition coefficient (Wildman–Crippen LogP) is 3.19. The van der Waals surface area contributed by atoms with Crippen LogP contribution in [0.5, 0.6) is 5.75 Å². The van der Waals surface area contributed by atoms with Gasteiger partial charge >= 0.3 is 0 Å². The van der Waals surface area contributed by atoms with E-state index >= 15 is 0 Å². The van der Waals surface area contributed by atoms with Crippen LogP contribution in [0.25, 0.3) is 10.9 Å². The third-order valence-electron chi connectivity index (χ3n) is 6.55. The number of hydrogen-bond donors (Lipinski definition) is 1. The van der Waals surface area contributed by atoms with Gasteiger partial charge in [-0.3, -0.25) is 9.69 Å². The number of piperazine rings is 1. The smallest absolute Gasteiger partial charge is 0.253 e. The zero-order valence-electron chi connectivity index (χ0n) is 20.6. The van der Waals surface area contributed by atoms with Gasteiger partial charge in [0.2, 0.25) is 0 Å². The van der Waals surface area contributed by atoms with Crippen LogP contribution in [-0.4, -0.2) is 63.4 Å². The molecule has 9 heteroatoms. The highest BCUT2D eigenvalue weighted by Crippen LogP contribution is 2.31. The van der Waals surface area contributed by atoms with Crippen molar-refractivity contribution < 1.29 is 4.74 Å². The lowest BCUT2D eigenvalue weighted by molar-refractivity contribution is 0.190. The van der Waals surface area contributed by atoms with Crippen LogP contribution in [0.4, 0.5) is 5.69 Å². The van der Waals surface area contributed by atoms with Crippen molar-refractivity contribution in [2.45, 2.75) is 32.4 Å². The molecule has 2 aromatic carbocycles. The summed E-state index contributed by atoms with van der Waals surface area (Å²) in [5, 5.41) is 13.6. The van der Waals surface area contributed by atoms with E-state index in [1.54, 1.807) is 7.11 Å². The number of nitrogens with one attached hydrogen (secondary N) is 1. The second-order valence-electron chi connectivity index (χ2n) is 9.89. The van der Waals surface area contributed by atoms with Crippen LogP contribution < -0.4 is 15.2 Å². The van der Waals surface area contributed by atoms with Gasteiger partial charge < -0.3 is 14.6 Å². The summed E-state index contributed by atoms with van der Waals surface area (Å²) in [5.74, 6) is 1.40. The second kappa shape index (κ2) is 9.14. The SMILES string of the molecule is COc1ccc2[nH]c(=O)c(C(c3nnnn3C(C)(C)C)N3CCN(c4ccccc4)CC3)cc2c1. The van der Waals surface area contributed by atoms with Gasteiger partial charge in [-0.1, -0.05) is 18.2 Å². The van der Waals surface area contributed by atoms with E-state index in [1.165, 1.54) is 5.69 Å². The molecule has 1 fully saturated rings. The number of pyridine rings is 1. The molecule has 1 aliphatic rings. The van der Waals surface area contributed by atoms with E-state index in [0.29, 0.717) is 11.4 Å². The number of H-pyrrole nitrogens is 1. The van der Waals surface area contributed by atoms with Gasteiger partial charge in [0.05, 0.1) is 12.6 Å². The second-order valence-corrected chi connectivity index (χ2v) is 9.89. The summed E-state index contributed by atoms with van der Waals surface area (Å²) in [6, 6.07) is 17.6. The Kier molecular flexibility index (Phi) is 6.02. The van der Waals surface area contributed by atoms with Crippen LogP contribution in [-0.2, 0) is 5.54 Å². The Bertz CT molecular complexity index is 1370. The molecule has 1 aliphatic heterocycles. The number of anilines is 1. The minimum Gasteiger partial charge on any atom is -0.497 e. The number of fused-ring (bicyclic) bond motifs is 1. The van der Waals surface area contributed by atoms with E-state index in [1.807, 2.05) is 35.0 Å². The van der Waals surface area contributed by atoms with Crippen molar-refractivity contribution in [2.24, 2.45) is 0 Å². The van der Waals surface area contributed by atoms with Crippen molar-refractivity contribution in [3.8, 4) is 5.75 Å². The molecule has 3 heterocycles. The molecule has 9 nitrogen and oxygen atoms in total. The van der Waals surface area contributed by atoms with Crippen molar-refractivity contribution >= 4 is 16.6 Å². The summed E-state index contributed by atoms with van der Waals surface area (Å²) in [6.07, 6.45) is 0. The molecule has 0 aliphatic carbocycles. The number of nitrogens with zero attached hydrogens (tertiary/aromatic N) is 6. The lowest BCUT2D eigenvalue weighted by Crippen LogP contribution is -2.49. The fourth-order valence-electron chi connectivity index (χ4n) is 4.75. The fourth-order valence-corrected chi connectivity index (χ4v) is 4.75. The van der Waals surface area contributed by atoms with Crippen LogP contribution in [0, 0.1) is 0 Å². The maximum Gasteiger partial charge on any atom is 0.253 e. The lowest BCUT2D eigenvalue weighted by Gasteiger charge is -2.40. The largest absolute Gasteiger partial charge is 0.497 e. The number of ether oxygens (including phenoxy) is 1. The normalized spacial score (nSPS) is 15.9. The number of aromatic nitrogens is 5. The molecule has 1 N–H and O–H groups in total. The lowest BCUT2D eigenvalue weighted by atomic mass is 10.0. The highest BCUT2D eigenvalue weighted by atomic mass is 16.5. The summed E-state index contributed by atoms with van der Waals surface area (Å²) in [6.45, 7) is 9.42. The third-order valence-corrected chi connectivity index (χ3v) is 6.55. The molecule has 0 bridgehead atoms. The molecule has 1 unspecified atom stereocenters. The molecular weight excluding hydrogens is 442 g/mol. The molecule has 0 radical (unpaired) electrons. The molecule has 35 heavy (non-hydrogen) atoms. The highest BCUT2D eigenvalue weighted by molar-refractivity contribution is 5.80. The van der Waals surface area contributed by atoms with Crippen molar-refractivity contribution in [3.05, 3.63) is 76.3 Å². The van der Waals surface area contributed by atoms with E-state index in [2.05, 4.69) is 75.3 Å². The summed E-state index contributed by atoms with van der Waals surface area (Å²) in [7, 11) is 1.64. The third kappa shape index (κ3) is 4.51. The Morgan fingerprint density at radius 1 is 1.00 bits per heavy atom. The summed E-state index contributed by atoms with van der Waals surface area (Å²) < 4.78 is 7.24. The Labute approximate surface area is 204 Å². The van der Waals surface area contributed by atoms with Gasteiger partial charge in [-0.15, -0.1) is 5.10 Å². The molecule has 1 saturated heterocycles. The molecule has 0 spiro atoms. The minimum absolute atomic E-state index is 0.137. The van der Waals surface area contributed by atoms with E-state index in [-0.39, 0.29) is 17.1 Å². The average Bonchev–Trinajstić information content (AvgIpc) is 3.35. The van der Waals surface area contributed by atoms with Gasteiger partial charge in [-0.05, 0) is 67.6 Å². The van der Waals surface area contributed by atoms with Crippen molar-refractivity contribution in [2.75, 3.05) is 38.2 Å². The highest BCUT2D eigenvalue weighted by Gasteiger charge is 2.35. The van der Waals surface area contributed by atoms with Gasteiger partial charge in [0.1, 0.15) is 11.8 Å². The fraction of sp³-hybridized carbons (Fsp3) is 0.385.